The van der Waals surface area contributed by atoms with Crippen molar-refractivity contribution in [1.29, 1.82) is 0 Å². The van der Waals surface area contributed by atoms with E-state index in [-0.39, 0.29) is 32.0 Å². The molecule has 116 valence electrons. The van der Waals surface area contributed by atoms with Crippen LogP contribution in [0.15, 0.2) is 12.1 Å². The minimum atomic E-state index is -1.59. The molecule has 8 nitrogen and oxygen atoms in total. The summed E-state index contributed by atoms with van der Waals surface area (Å²) in [6.45, 7) is 0.114. The van der Waals surface area contributed by atoms with E-state index in [4.69, 9.17) is 14.9 Å². The van der Waals surface area contributed by atoms with Gasteiger partial charge in [0.1, 0.15) is 17.1 Å². The van der Waals surface area contributed by atoms with Crippen LogP contribution in [0.25, 0.3) is 0 Å². The fourth-order valence-corrected chi connectivity index (χ4v) is 1.79. The van der Waals surface area contributed by atoms with Crippen LogP contribution >= 0.6 is 0 Å². The fraction of sp³-hybridized carbons (Fsp3) is 0.417. The van der Waals surface area contributed by atoms with Gasteiger partial charge in [-0.3, -0.25) is 10.1 Å². The number of carbonyl (C=O) groups is 1. The van der Waals surface area contributed by atoms with Crippen LogP contribution in [0.3, 0.4) is 0 Å². The van der Waals surface area contributed by atoms with Crippen molar-refractivity contribution >= 4 is 17.3 Å². The third-order valence-corrected chi connectivity index (χ3v) is 2.77. The molecule has 1 aromatic rings. The summed E-state index contributed by atoms with van der Waals surface area (Å²) in [6, 6.07) is 1.46. The number of nitro benzene ring substituents is 1. The number of hydrogen-bond acceptors (Lipinski definition) is 6. The maximum absolute atomic E-state index is 13.7. The van der Waals surface area contributed by atoms with E-state index in [2.05, 4.69) is 0 Å². The Hall–Kier alpha value is -2.26. The van der Waals surface area contributed by atoms with Crippen LogP contribution in [-0.4, -0.2) is 54.5 Å². The van der Waals surface area contributed by atoms with Gasteiger partial charge in [0.2, 0.25) is 0 Å². The number of carboxylic acids is 1. The van der Waals surface area contributed by atoms with Gasteiger partial charge in [-0.15, -0.1) is 0 Å². The molecule has 0 radical (unpaired) electrons. The highest BCUT2D eigenvalue weighted by Crippen LogP contribution is 2.31. The number of benzene rings is 1. The number of nitrogens with zero attached hydrogens (tertiary/aromatic N) is 2. The molecule has 0 heterocycles. The standard InChI is InChI=1S/C12H15FN2O6/c1-21-5-3-14(2-4-16)10-7-9(13)8(12(17)18)6-11(10)15(19)20/h6-7,16H,2-5H2,1H3,(H,17,18). The summed E-state index contributed by atoms with van der Waals surface area (Å²) in [5, 5.41) is 28.9. The van der Waals surface area contributed by atoms with E-state index in [1.54, 1.807) is 0 Å². The summed E-state index contributed by atoms with van der Waals surface area (Å²) in [5.41, 5.74) is -1.42. The molecule has 0 atom stereocenters. The first-order valence-electron chi connectivity index (χ1n) is 5.98. The summed E-state index contributed by atoms with van der Waals surface area (Å²) < 4.78 is 18.6. The number of ether oxygens (including phenoxy) is 1. The highest BCUT2D eigenvalue weighted by Gasteiger charge is 2.25. The average molecular weight is 302 g/mol. The first kappa shape index (κ1) is 16.8. The van der Waals surface area contributed by atoms with Crippen LogP contribution < -0.4 is 4.90 Å². The number of hydrogen-bond donors (Lipinski definition) is 2. The van der Waals surface area contributed by atoms with Crippen LogP contribution in [0.4, 0.5) is 15.8 Å². The van der Waals surface area contributed by atoms with Crippen LogP contribution in [0.2, 0.25) is 0 Å². The van der Waals surface area contributed by atoms with Crippen LogP contribution in [0.5, 0.6) is 0 Å². The zero-order valence-electron chi connectivity index (χ0n) is 11.3. The molecule has 9 heteroatoms. The maximum Gasteiger partial charge on any atom is 0.338 e. The number of aliphatic hydroxyl groups is 1. The van der Waals surface area contributed by atoms with E-state index in [1.807, 2.05) is 0 Å². The van der Waals surface area contributed by atoms with Crippen molar-refractivity contribution in [2.24, 2.45) is 0 Å². The Kier molecular flexibility index (Phi) is 6.00. The Labute approximate surface area is 119 Å². The quantitative estimate of drug-likeness (QED) is 0.541. The number of anilines is 1. The smallest absolute Gasteiger partial charge is 0.338 e. The molecule has 0 spiro atoms. The van der Waals surface area contributed by atoms with E-state index >= 15 is 0 Å². The van der Waals surface area contributed by atoms with Crippen molar-refractivity contribution < 1.29 is 29.1 Å². The zero-order valence-corrected chi connectivity index (χ0v) is 11.3. The minimum Gasteiger partial charge on any atom is -0.478 e. The number of rotatable bonds is 8. The molecular formula is C12H15FN2O6. The lowest BCUT2D eigenvalue weighted by molar-refractivity contribution is -0.384. The Morgan fingerprint density at radius 1 is 1.48 bits per heavy atom. The lowest BCUT2D eigenvalue weighted by Crippen LogP contribution is -2.31. The molecule has 0 unspecified atom stereocenters. The number of aliphatic hydroxyl groups excluding tert-OH is 1. The number of methoxy groups -OCH3 is 1. The molecule has 0 amide bonds. The highest BCUT2D eigenvalue weighted by atomic mass is 19.1. The number of halogens is 1. The summed E-state index contributed by atoms with van der Waals surface area (Å²) in [5.74, 6) is -2.67. The first-order chi connectivity index (χ1) is 9.92. The molecular weight excluding hydrogens is 287 g/mol. The molecule has 0 bridgehead atoms. The van der Waals surface area contributed by atoms with E-state index < -0.39 is 28.0 Å². The van der Waals surface area contributed by atoms with Crippen molar-refractivity contribution in [3.8, 4) is 0 Å². The van der Waals surface area contributed by atoms with Gasteiger partial charge >= 0.3 is 5.97 Å². The van der Waals surface area contributed by atoms with Gasteiger partial charge in [-0.2, -0.15) is 0 Å². The minimum absolute atomic E-state index is 0.0239. The Balaban J connectivity index is 3.33. The van der Waals surface area contributed by atoms with Gasteiger partial charge in [0, 0.05) is 32.3 Å². The second kappa shape index (κ2) is 7.50. The van der Waals surface area contributed by atoms with Crippen LogP contribution in [0.1, 0.15) is 10.4 Å². The molecule has 0 aliphatic rings. The van der Waals surface area contributed by atoms with Crippen molar-refractivity contribution in [2.75, 3.05) is 38.3 Å². The zero-order chi connectivity index (χ0) is 16.0. The van der Waals surface area contributed by atoms with Crippen molar-refractivity contribution in [3.05, 3.63) is 33.6 Å². The summed E-state index contributed by atoms with van der Waals surface area (Å²) in [4.78, 5) is 22.5. The predicted octanol–water partition coefficient (Wildman–Crippen LogP) is 0.877. The van der Waals surface area contributed by atoms with Gasteiger partial charge in [0.15, 0.2) is 0 Å². The van der Waals surface area contributed by atoms with Gasteiger partial charge in [-0.05, 0) is 0 Å². The van der Waals surface area contributed by atoms with Gasteiger partial charge in [0.05, 0.1) is 18.1 Å². The molecule has 21 heavy (non-hydrogen) atoms. The summed E-state index contributed by atoms with van der Waals surface area (Å²) in [6.07, 6.45) is 0. The molecule has 0 aromatic heterocycles. The van der Waals surface area contributed by atoms with Gasteiger partial charge < -0.3 is 19.8 Å². The largest absolute Gasteiger partial charge is 0.478 e. The third-order valence-electron chi connectivity index (χ3n) is 2.77. The summed E-state index contributed by atoms with van der Waals surface area (Å²) in [7, 11) is 1.43. The third kappa shape index (κ3) is 4.10. The normalized spacial score (nSPS) is 10.4. The maximum atomic E-state index is 13.7. The Morgan fingerprint density at radius 2 is 2.14 bits per heavy atom. The lowest BCUT2D eigenvalue weighted by Gasteiger charge is -2.23. The monoisotopic (exact) mass is 302 g/mol. The van der Waals surface area contributed by atoms with Crippen LogP contribution in [0, 0.1) is 15.9 Å². The number of nitro groups is 1. The molecule has 0 aliphatic carbocycles. The number of aromatic carboxylic acids is 1. The predicted molar refractivity (Wildman–Crippen MR) is 71.2 cm³/mol. The summed E-state index contributed by atoms with van der Waals surface area (Å²) >= 11 is 0. The molecule has 0 aliphatic heterocycles. The molecule has 0 saturated heterocycles. The molecule has 1 rings (SSSR count). The van der Waals surface area contributed by atoms with Gasteiger partial charge in [0.25, 0.3) is 5.69 Å². The molecule has 0 fully saturated rings. The van der Waals surface area contributed by atoms with Crippen molar-refractivity contribution in [2.45, 2.75) is 0 Å². The SMILES string of the molecule is COCCN(CCO)c1cc(F)c(C(=O)O)cc1[N+](=O)[O-]. The first-order valence-corrected chi connectivity index (χ1v) is 5.98. The highest BCUT2D eigenvalue weighted by molar-refractivity contribution is 5.90. The average Bonchev–Trinajstić information content (AvgIpc) is 2.42. The van der Waals surface area contributed by atoms with Crippen molar-refractivity contribution in [1.82, 2.24) is 0 Å². The second-order valence-electron chi connectivity index (χ2n) is 4.09. The Morgan fingerprint density at radius 3 is 2.62 bits per heavy atom. The fourth-order valence-electron chi connectivity index (χ4n) is 1.79. The van der Waals surface area contributed by atoms with Gasteiger partial charge in [-0.1, -0.05) is 0 Å². The molecule has 2 N–H and O–H groups in total. The topological polar surface area (TPSA) is 113 Å². The Bertz CT molecular complexity index is 537. The number of carboxylic acid groups (broad SMARTS) is 1. The molecule has 0 saturated carbocycles. The van der Waals surface area contributed by atoms with Gasteiger partial charge in [-0.25, -0.2) is 9.18 Å². The molecule has 1 aromatic carbocycles. The van der Waals surface area contributed by atoms with Crippen molar-refractivity contribution in [3.63, 3.8) is 0 Å². The second-order valence-corrected chi connectivity index (χ2v) is 4.09. The van der Waals surface area contributed by atoms with Crippen LogP contribution in [-0.2, 0) is 4.74 Å². The van der Waals surface area contributed by atoms with E-state index in [0.29, 0.717) is 6.07 Å². The lowest BCUT2D eigenvalue weighted by atomic mass is 10.1. The van der Waals surface area contributed by atoms with E-state index in [1.165, 1.54) is 12.0 Å². The van der Waals surface area contributed by atoms with E-state index in [0.717, 1.165) is 6.07 Å². The van der Waals surface area contributed by atoms with E-state index in [9.17, 15) is 19.3 Å².